The fourth-order valence-corrected chi connectivity index (χ4v) is 1.63. The normalized spacial score (nSPS) is 12.2. The Morgan fingerprint density at radius 3 is 2.71 bits per heavy atom. The van der Waals surface area contributed by atoms with Crippen LogP contribution in [0.3, 0.4) is 0 Å². The van der Waals surface area contributed by atoms with E-state index in [0.29, 0.717) is 24.3 Å². The molecule has 3 nitrogen and oxygen atoms in total. The molecule has 1 aromatic carbocycles. The molecule has 0 aliphatic carbocycles. The summed E-state index contributed by atoms with van der Waals surface area (Å²) in [6.07, 6.45) is 0.960. The number of anilines is 1. The lowest BCUT2D eigenvalue weighted by Gasteiger charge is -2.23. The van der Waals surface area contributed by atoms with Gasteiger partial charge in [-0.2, -0.15) is 0 Å². The van der Waals surface area contributed by atoms with Crippen molar-refractivity contribution in [3.63, 3.8) is 0 Å². The first-order chi connectivity index (χ1) is 8.10. The van der Waals surface area contributed by atoms with E-state index in [2.05, 4.69) is 6.58 Å². The van der Waals surface area contributed by atoms with Crippen molar-refractivity contribution in [1.29, 1.82) is 0 Å². The molecule has 0 heterocycles. The molecular weight excluding hydrogens is 221 g/mol. The van der Waals surface area contributed by atoms with Crippen LogP contribution in [0.4, 0.5) is 10.1 Å². The number of nitrogens with zero attached hydrogens (tertiary/aromatic N) is 1. The minimum absolute atomic E-state index is 0.0502. The van der Waals surface area contributed by atoms with Crippen LogP contribution in [0.5, 0.6) is 0 Å². The van der Waals surface area contributed by atoms with Gasteiger partial charge in [-0.15, -0.1) is 6.58 Å². The summed E-state index contributed by atoms with van der Waals surface area (Å²) in [6.45, 7) is 5.94. The highest BCUT2D eigenvalue weighted by Crippen LogP contribution is 2.23. The molecule has 1 aromatic rings. The second-order valence-corrected chi connectivity index (χ2v) is 3.85. The zero-order valence-electron chi connectivity index (χ0n) is 9.93. The van der Waals surface area contributed by atoms with Crippen LogP contribution in [-0.4, -0.2) is 29.9 Å². The largest absolute Gasteiger partial charge is 0.395 e. The minimum Gasteiger partial charge on any atom is -0.395 e. The predicted molar refractivity (Wildman–Crippen MR) is 66.5 cm³/mol. The summed E-state index contributed by atoms with van der Waals surface area (Å²) >= 11 is 0. The van der Waals surface area contributed by atoms with Crippen molar-refractivity contribution >= 4 is 5.69 Å². The van der Waals surface area contributed by atoms with E-state index in [0.717, 1.165) is 0 Å². The van der Waals surface area contributed by atoms with Crippen molar-refractivity contribution in [3.05, 3.63) is 42.2 Å². The van der Waals surface area contributed by atoms with Crippen LogP contribution in [0, 0.1) is 5.82 Å². The second-order valence-electron chi connectivity index (χ2n) is 3.85. The Morgan fingerprint density at radius 2 is 2.24 bits per heavy atom. The van der Waals surface area contributed by atoms with Gasteiger partial charge in [0.25, 0.3) is 0 Å². The molecule has 0 radical (unpaired) electrons. The van der Waals surface area contributed by atoms with Gasteiger partial charge in [-0.3, -0.25) is 0 Å². The first-order valence-electron chi connectivity index (χ1n) is 5.54. The fourth-order valence-electron chi connectivity index (χ4n) is 1.63. The smallest absolute Gasteiger partial charge is 0.146 e. The molecule has 0 unspecified atom stereocenters. The van der Waals surface area contributed by atoms with E-state index in [1.165, 1.54) is 6.07 Å². The van der Waals surface area contributed by atoms with Gasteiger partial charge in [-0.1, -0.05) is 12.1 Å². The van der Waals surface area contributed by atoms with Crippen molar-refractivity contribution in [3.8, 4) is 0 Å². The van der Waals surface area contributed by atoms with Crippen molar-refractivity contribution in [1.82, 2.24) is 0 Å². The molecule has 1 atom stereocenters. The first kappa shape index (κ1) is 13.7. The molecule has 0 aliphatic rings. The van der Waals surface area contributed by atoms with E-state index in [9.17, 15) is 9.50 Å². The van der Waals surface area contributed by atoms with Crippen LogP contribution in [-0.2, 0) is 0 Å². The Balaban J connectivity index is 2.99. The van der Waals surface area contributed by atoms with Crippen LogP contribution in [0.15, 0.2) is 30.9 Å². The van der Waals surface area contributed by atoms with Crippen LogP contribution in [0.25, 0.3) is 0 Å². The van der Waals surface area contributed by atoms with Gasteiger partial charge in [-0.05, 0) is 24.6 Å². The monoisotopic (exact) mass is 239 g/mol. The molecule has 1 rings (SSSR count). The standard InChI is InChI=1S/C13H18FNO2/c1-3-6-15(7-8-16)13-5-4-11(10(2)17)9-12(13)14/h3-5,9-10,16-17H,1,6-8H2,2H3/t10-/m0/s1. The van der Waals surface area contributed by atoms with Gasteiger partial charge >= 0.3 is 0 Å². The Kier molecular flexibility index (Phi) is 5.12. The molecule has 0 aliphatic heterocycles. The molecule has 0 bridgehead atoms. The van der Waals surface area contributed by atoms with E-state index in [1.807, 2.05) is 0 Å². The fraction of sp³-hybridized carbons (Fsp3) is 0.385. The van der Waals surface area contributed by atoms with Crippen LogP contribution >= 0.6 is 0 Å². The Labute approximate surface area is 101 Å². The molecule has 17 heavy (non-hydrogen) atoms. The molecule has 94 valence electrons. The molecule has 4 heteroatoms. The van der Waals surface area contributed by atoms with Crippen molar-refractivity contribution in [2.75, 3.05) is 24.6 Å². The first-order valence-corrected chi connectivity index (χ1v) is 5.54. The van der Waals surface area contributed by atoms with Crippen molar-refractivity contribution < 1.29 is 14.6 Å². The summed E-state index contributed by atoms with van der Waals surface area (Å²) in [5.41, 5.74) is 0.942. The number of aliphatic hydroxyl groups is 2. The van der Waals surface area contributed by atoms with E-state index in [4.69, 9.17) is 5.11 Å². The molecule has 0 saturated heterocycles. The van der Waals surface area contributed by atoms with Gasteiger partial charge in [0.1, 0.15) is 5.82 Å². The number of aliphatic hydroxyl groups excluding tert-OH is 2. The number of hydrogen-bond donors (Lipinski definition) is 2. The van der Waals surface area contributed by atoms with E-state index in [1.54, 1.807) is 30.0 Å². The minimum atomic E-state index is -0.691. The zero-order chi connectivity index (χ0) is 12.8. The second kappa shape index (κ2) is 6.37. The third-order valence-corrected chi connectivity index (χ3v) is 2.51. The van der Waals surface area contributed by atoms with Crippen molar-refractivity contribution in [2.45, 2.75) is 13.0 Å². The SMILES string of the molecule is C=CCN(CCO)c1ccc([C@H](C)O)cc1F. The van der Waals surface area contributed by atoms with E-state index in [-0.39, 0.29) is 6.61 Å². The summed E-state index contributed by atoms with van der Waals surface area (Å²) < 4.78 is 13.8. The molecule has 2 N–H and O–H groups in total. The Bertz CT molecular complexity index is 380. The average Bonchev–Trinajstić information content (AvgIpc) is 2.28. The number of hydrogen-bond acceptors (Lipinski definition) is 3. The third kappa shape index (κ3) is 3.54. The maximum absolute atomic E-state index is 13.8. The number of rotatable bonds is 6. The molecule has 0 amide bonds. The molecule has 0 spiro atoms. The van der Waals surface area contributed by atoms with Crippen LogP contribution in [0.2, 0.25) is 0 Å². The molecule has 0 saturated carbocycles. The van der Waals surface area contributed by atoms with E-state index >= 15 is 0 Å². The third-order valence-electron chi connectivity index (χ3n) is 2.51. The summed E-state index contributed by atoms with van der Waals surface area (Å²) in [5.74, 6) is -0.404. The topological polar surface area (TPSA) is 43.7 Å². The number of benzene rings is 1. The lowest BCUT2D eigenvalue weighted by molar-refractivity contribution is 0.199. The summed E-state index contributed by atoms with van der Waals surface area (Å²) in [5, 5.41) is 18.3. The van der Waals surface area contributed by atoms with Crippen LogP contribution in [0.1, 0.15) is 18.6 Å². The summed E-state index contributed by atoms with van der Waals surface area (Å²) in [7, 11) is 0. The zero-order valence-corrected chi connectivity index (χ0v) is 9.93. The van der Waals surface area contributed by atoms with Gasteiger partial charge in [0.2, 0.25) is 0 Å². The van der Waals surface area contributed by atoms with Gasteiger partial charge in [-0.25, -0.2) is 4.39 Å². The highest BCUT2D eigenvalue weighted by molar-refractivity contribution is 5.50. The highest BCUT2D eigenvalue weighted by Gasteiger charge is 2.12. The quantitative estimate of drug-likeness (QED) is 0.745. The lowest BCUT2D eigenvalue weighted by atomic mass is 10.1. The van der Waals surface area contributed by atoms with Gasteiger partial charge in [0.15, 0.2) is 0 Å². The molecule has 0 aromatic heterocycles. The summed E-state index contributed by atoms with van der Waals surface area (Å²) in [6, 6.07) is 4.60. The maximum atomic E-state index is 13.8. The van der Waals surface area contributed by atoms with Gasteiger partial charge in [0, 0.05) is 13.1 Å². The Hall–Kier alpha value is -1.39. The highest BCUT2D eigenvalue weighted by atomic mass is 19.1. The average molecular weight is 239 g/mol. The number of halogens is 1. The molecular formula is C13H18FNO2. The van der Waals surface area contributed by atoms with Crippen molar-refractivity contribution in [2.24, 2.45) is 0 Å². The van der Waals surface area contributed by atoms with Crippen LogP contribution < -0.4 is 4.90 Å². The van der Waals surface area contributed by atoms with Gasteiger partial charge in [0.05, 0.1) is 18.4 Å². The maximum Gasteiger partial charge on any atom is 0.146 e. The summed E-state index contributed by atoms with van der Waals surface area (Å²) in [4.78, 5) is 1.69. The van der Waals surface area contributed by atoms with Gasteiger partial charge < -0.3 is 15.1 Å². The van der Waals surface area contributed by atoms with E-state index < -0.39 is 11.9 Å². The predicted octanol–water partition coefficient (Wildman–Crippen LogP) is 1.86. The lowest BCUT2D eigenvalue weighted by Crippen LogP contribution is -2.27. The molecule has 0 fully saturated rings. The Morgan fingerprint density at radius 1 is 1.53 bits per heavy atom.